The maximum Gasteiger partial charge on any atom is 0.407 e. The molecule has 0 bridgehead atoms. The number of aliphatic carboxylic acids is 1. The summed E-state index contributed by atoms with van der Waals surface area (Å²) in [5.41, 5.74) is 3.86. The molecule has 0 saturated heterocycles. The maximum atomic E-state index is 13.1. The van der Waals surface area contributed by atoms with E-state index in [0.29, 0.717) is 0 Å². The molecule has 0 spiro atoms. The molecule has 2 aromatic carbocycles. The van der Waals surface area contributed by atoms with E-state index >= 15 is 0 Å². The van der Waals surface area contributed by atoms with Crippen LogP contribution in [0.15, 0.2) is 48.5 Å². The van der Waals surface area contributed by atoms with E-state index in [4.69, 9.17) is 4.74 Å². The molecule has 3 atom stereocenters. The second kappa shape index (κ2) is 10.5. The van der Waals surface area contributed by atoms with Crippen molar-refractivity contribution in [3.8, 4) is 11.1 Å². The largest absolute Gasteiger partial charge is 0.481 e. The first kappa shape index (κ1) is 26.3. The van der Waals surface area contributed by atoms with E-state index in [-0.39, 0.29) is 18.4 Å². The number of amides is 2. The van der Waals surface area contributed by atoms with Crippen molar-refractivity contribution in [2.75, 3.05) is 6.61 Å². The van der Waals surface area contributed by atoms with Crippen molar-refractivity contribution in [2.45, 2.75) is 59.5 Å². The second-order valence-electron chi connectivity index (χ2n) is 10.7. The molecule has 3 rings (SSSR count). The van der Waals surface area contributed by atoms with Crippen LogP contribution < -0.4 is 10.6 Å². The van der Waals surface area contributed by atoms with E-state index < -0.39 is 41.4 Å². The van der Waals surface area contributed by atoms with E-state index in [1.54, 1.807) is 20.8 Å². The number of nitrogens with one attached hydrogen (secondary N) is 2. The van der Waals surface area contributed by atoms with Gasteiger partial charge in [0.1, 0.15) is 12.6 Å². The number of carboxylic acid groups (broad SMARTS) is 1. The summed E-state index contributed by atoms with van der Waals surface area (Å²) in [7, 11) is 0. The Hall–Kier alpha value is -3.35. The molecule has 35 heavy (non-hydrogen) atoms. The Labute approximate surface area is 207 Å². The highest BCUT2D eigenvalue weighted by Gasteiger charge is 2.37. The number of rotatable bonds is 8. The number of carbonyl (C=O) groups excluding carboxylic acids is 2. The lowest BCUT2D eigenvalue weighted by Gasteiger charge is -2.32. The Morgan fingerprint density at radius 2 is 1.43 bits per heavy atom. The molecule has 2 unspecified atom stereocenters. The zero-order valence-electron chi connectivity index (χ0n) is 21.3. The molecule has 1 aliphatic rings. The van der Waals surface area contributed by atoms with Gasteiger partial charge in [0.2, 0.25) is 5.91 Å². The molecule has 0 radical (unpaired) electrons. The summed E-state index contributed by atoms with van der Waals surface area (Å²) in [6.07, 6.45) is -0.687. The van der Waals surface area contributed by atoms with Gasteiger partial charge in [-0.1, -0.05) is 83.1 Å². The second-order valence-corrected chi connectivity index (χ2v) is 10.7. The average molecular weight is 481 g/mol. The van der Waals surface area contributed by atoms with Gasteiger partial charge in [-0.25, -0.2) is 4.79 Å². The number of carbonyl (C=O) groups is 3. The van der Waals surface area contributed by atoms with Gasteiger partial charge in [0, 0.05) is 12.0 Å². The minimum Gasteiger partial charge on any atom is -0.481 e. The Morgan fingerprint density at radius 3 is 1.89 bits per heavy atom. The molecule has 0 fully saturated rings. The van der Waals surface area contributed by atoms with E-state index in [9.17, 15) is 19.5 Å². The fourth-order valence-electron chi connectivity index (χ4n) is 4.91. The zero-order valence-corrected chi connectivity index (χ0v) is 21.3. The van der Waals surface area contributed by atoms with Gasteiger partial charge in [0.05, 0.1) is 5.92 Å². The molecule has 0 saturated carbocycles. The molecule has 7 nitrogen and oxygen atoms in total. The molecule has 7 heteroatoms. The summed E-state index contributed by atoms with van der Waals surface area (Å²) < 4.78 is 5.62. The summed E-state index contributed by atoms with van der Waals surface area (Å²) in [6, 6.07) is 14.6. The van der Waals surface area contributed by atoms with Crippen LogP contribution in [0.3, 0.4) is 0 Å². The van der Waals surface area contributed by atoms with Crippen LogP contribution in [-0.4, -0.2) is 41.8 Å². The Kier molecular flexibility index (Phi) is 7.88. The predicted octanol–water partition coefficient (Wildman–Crippen LogP) is 4.80. The standard InChI is InChI=1S/C28H36N2O5/c1-16(2)23(26(32)33)17(3)29-25(31)24(28(4,5)6)30-27(34)35-15-22-20-13-9-7-11-18(20)19-12-8-10-14-21(19)22/h7-14,16-17,22-24H,15H2,1-6H3,(H,29,31)(H,30,34)(H,32,33)/t17?,23?,24-/m1/s1. The summed E-state index contributed by atoms with van der Waals surface area (Å²) in [5, 5.41) is 15.0. The van der Waals surface area contributed by atoms with Crippen molar-refractivity contribution in [1.82, 2.24) is 10.6 Å². The van der Waals surface area contributed by atoms with Crippen molar-refractivity contribution in [1.29, 1.82) is 0 Å². The minimum atomic E-state index is -0.968. The molecule has 2 aromatic rings. The number of alkyl carbamates (subject to hydrolysis) is 1. The lowest BCUT2D eigenvalue weighted by molar-refractivity contribution is -0.144. The number of carboxylic acids is 1. The molecular weight excluding hydrogens is 444 g/mol. The lowest BCUT2D eigenvalue weighted by atomic mass is 9.85. The van der Waals surface area contributed by atoms with Crippen molar-refractivity contribution < 1.29 is 24.2 Å². The third-order valence-corrected chi connectivity index (χ3v) is 6.65. The van der Waals surface area contributed by atoms with Gasteiger partial charge in [-0.05, 0) is 40.5 Å². The van der Waals surface area contributed by atoms with Crippen LogP contribution in [-0.2, 0) is 14.3 Å². The third-order valence-electron chi connectivity index (χ3n) is 6.65. The number of ether oxygens (including phenoxy) is 1. The first-order valence-electron chi connectivity index (χ1n) is 12.1. The lowest BCUT2D eigenvalue weighted by Crippen LogP contribution is -2.57. The van der Waals surface area contributed by atoms with Gasteiger partial charge in [-0.3, -0.25) is 9.59 Å². The third kappa shape index (κ3) is 5.84. The van der Waals surface area contributed by atoms with Crippen LogP contribution in [0.5, 0.6) is 0 Å². The Balaban J connectivity index is 1.69. The first-order valence-corrected chi connectivity index (χ1v) is 12.1. The number of fused-ring (bicyclic) bond motifs is 3. The van der Waals surface area contributed by atoms with Crippen molar-refractivity contribution in [2.24, 2.45) is 17.3 Å². The summed E-state index contributed by atoms with van der Waals surface area (Å²) in [5.74, 6) is -2.40. The van der Waals surface area contributed by atoms with E-state index in [1.807, 2.05) is 57.2 Å². The molecule has 0 aromatic heterocycles. The smallest absolute Gasteiger partial charge is 0.407 e. The van der Waals surface area contributed by atoms with E-state index in [2.05, 4.69) is 22.8 Å². The molecule has 3 N–H and O–H groups in total. The van der Waals surface area contributed by atoms with Gasteiger partial charge in [0.15, 0.2) is 0 Å². The summed E-state index contributed by atoms with van der Waals surface area (Å²) >= 11 is 0. The number of hydrogen-bond donors (Lipinski definition) is 3. The Morgan fingerprint density at radius 1 is 0.914 bits per heavy atom. The van der Waals surface area contributed by atoms with Crippen molar-refractivity contribution in [3.63, 3.8) is 0 Å². The first-order chi connectivity index (χ1) is 16.4. The molecule has 2 amide bonds. The van der Waals surface area contributed by atoms with Gasteiger partial charge < -0.3 is 20.5 Å². The van der Waals surface area contributed by atoms with Gasteiger partial charge >= 0.3 is 12.1 Å². The van der Waals surface area contributed by atoms with Gasteiger partial charge in [-0.2, -0.15) is 0 Å². The summed E-state index contributed by atoms with van der Waals surface area (Å²) in [6.45, 7) is 10.9. The fourth-order valence-corrected chi connectivity index (χ4v) is 4.91. The van der Waals surface area contributed by atoms with Gasteiger partial charge in [0.25, 0.3) is 0 Å². The van der Waals surface area contributed by atoms with Crippen LogP contribution in [0.1, 0.15) is 58.6 Å². The monoisotopic (exact) mass is 480 g/mol. The minimum absolute atomic E-state index is 0.0857. The predicted molar refractivity (Wildman–Crippen MR) is 135 cm³/mol. The highest BCUT2D eigenvalue weighted by Crippen LogP contribution is 2.44. The average Bonchev–Trinajstić information content (AvgIpc) is 3.08. The molecule has 0 heterocycles. The number of benzene rings is 2. The highest BCUT2D eigenvalue weighted by molar-refractivity contribution is 5.87. The molecule has 0 aliphatic heterocycles. The van der Waals surface area contributed by atoms with Crippen LogP contribution in [0.2, 0.25) is 0 Å². The van der Waals surface area contributed by atoms with Crippen molar-refractivity contribution >= 4 is 18.0 Å². The van der Waals surface area contributed by atoms with E-state index in [1.165, 1.54) is 0 Å². The van der Waals surface area contributed by atoms with Gasteiger partial charge in [-0.15, -0.1) is 0 Å². The quantitative estimate of drug-likeness (QED) is 0.503. The Bertz CT molecular complexity index is 1040. The van der Waals surface area contributed by atoms with Crippen molar-refractivity contribution in [3.05, 3.63) is 59.7 Å². The number of hydrogen-bond acceptors (Lipinski definition) is 4. The normalized spacial score (nSPS) is 15.5. The zero-order chi connectivity index (χ0) is 25.9. The topological polar surface area (TPSA) is 105 Å². The molecule has 188 valence electrons. The maximum absolute atomic E-state index is 13.1. The molecular formula is C28H36N2O5. The van der Waals surface area contributed by atoms with Crippen LogP contribution in [0.25, 0.3) is 11.1 Å². The molecule has 1 aliphatic carbocycles. The van der Waals surface area contributed by atoms with Crippen LogP contribution in [0, 0.1) is 17.3 Å². The van der Waals surface area contributed by atoms with E-state index in [0.717, 1.165) is 22.3 Å². The van der Waals surface area contributed by atoms with Crippen LogP contribution >= 0.6 is 0 Å². The summed E-state index contributed by atoms with van der Waals surface area (Å²) in [4.78, 5) is 37.6. The fraction of sp³-hybridized carbons (Fsp3) is 0.464. The van der Waals surface area contributed by atoms with Crippen LogP contribution in [0.4, 0.5) is 4.79 Å². The SMILES string of the molecule is CC(C)C(C(=O)O)C(C)NC(=O)[C@@H](NC(=O)OCC1c2ccccc2-c2ccccc21)C(C)(C)C. The highest BCUT2D eigenvalue weighted by atomic mass is 16.5.